The topological polar surface area (TPSA) is 50.9 Å². The number of thiocarbonyl (C=S) groups is 1. The SMILES string of the molecule is NC(=S)c1ccc(NCC2CSCCS2)cn1. The van der Waals surface area contributed by atoms with Gasteiger partial charge in [-0.25, -0.2) is 0 Å². The van der Waals surface area contributed by atoms with Crippen LogP contribution in [0.25, 0.3) is 0 Å². The van der Waals surface area contributed by atoms with E-state index in [0.29, 0.717) is 15.9 Å². The molecule has 92 valence electrons. The van der Waals surface area contributed by atoms with E-state index in [4.69, 9.17) is 18.0 Å². The van der Waals surface area contributed by atoms with Crippen LogP contribution in [0.5, 0.6) is 0 Å². The maximum atomic E-state index is 5.50. The van der Waals surface area contributed by atoms with Crippen LogP contribution in [0, 0.1) is 0 Å². The molecule has 2 heterocycles. The molecule has 3 nitrogen and oxygen atoms in total. The molecule has 1 aliphatic heterocycles. The van der Waals surface area contributed by atoms with Gasteiger partial charge >= 0.3 is 0 Å². The number of nitrogens with zero attached hydrogens (tertiary/aromatic N) is 1. The van der Waals surface area contributed by atoms with Gasteiger partial charge in [-0.05, 0) is 12.1 Å². The molecule has 1 saturated heterocycles. The van der Waals surface area contributed by atoms with E-state index in [1.54, 1.807) is 6.20 Å². The van der Waals surface area contributed by atoms with E-state index in [-0.39, 0.29) is 0 Å². The van der Waals surface area contributed by atoms with Gasteiger partial charge in [0, 0.05) is 29.1 Å². The third-order valence-corrected chi connectivity index (χ3v) is 5.49. The lowest BCUT2D eigenvalue weighted by atomic mass is 10.3. The summed E-state index contributed by atoms with van der Waals surface area (Å²) in [6.07, 6.45) is 1.79. The second-order valence-corrected chi connectivity index (χ2v) is 6.74. The first kappa shape index (κ1) is 13.0. The molecular weight excluding hydrogens is 270 g/mol. The highest BCUT2D eigenvalue weighted by atomic mass is 32.2. The molecule has 0 aromatic carbocycles. The number of hydrogen-bond acceptors (Lipinski definition) is 5. The minimum atomic E-state index is 0.343. The van der Waals surface area contributed by atoms with E-state index < -0.39 is 0 Å². The second kappa shape index (κ2) is 6.47. The molecule has 6 heteroatoms. The Morgan fingerprint density at radius 2 is 2.41 bits per heavy atom. The molecule has 0 bridgehead atoms. The van der Waals surface area contributed by atoms with Crippen LogP contribution in [0.2, 0.25) is 0 Å². The maximum absolute atomic E-state index is 5.50. The Kier molecular flexibility index (Phi) is 4.94. The van der Waals surface area contributed by atoms with Crippen molar-refractivity contribution < 1.29 is 0 Å². The summed E-state index contributed by atoms with van der Waals surface area (Å²) in [5.74, 6) is 3.77. The third-order valence-electron chi connectivity index (χ3n) is 2.43. The van der Waals surface area contributed by atoms with Gasteiger partial charge in [0.1, 0.15) is 4.99 Å². The van der Waals surface area contributed by atoms with E-state index in [1.807, 2.05) is 35.7 Å². The summed E-state index contributed by atoms with van der Waals surface area (Å²) in [6, 6.07) is 3.83. The summed E-state index contributed by atoms with van der Waals surface area (Å²) in [5, 5.41) is 4.10. The maximum Gasteiger partial charge on any atom is 0.122 e. The van der Waals surface area contributed by atoms with Crippen molar-refractivity contribution in [1.82, 2.24) is 4.98 Å². The zero-order chi connectivity index (χ0) is 12.1. The van der Waals surface area contributed by atoms with Gasteiger partial charge in [-0.15, -0.1) is 0 Å². The quantitative estimate of drug-likeness (QED) is 0.825. The van der Waals surface area contributed by atoms with Crippen LogP contribution in [0.1, 0.15) is 5.69 Å². The van der Waals surface area contributed by atoms with E-state index in [0.717, 1.165) is 12.2 Å². The highest BCUT2D eigenvalue weighted by molar-refractivity contribution is 8.06. The van der Waals surface area contributed by atoms with Gasteiger partial charge in [-0.3, -0.25) is 4.98 Å². The van der Waals surface area contributed by atoms with Crippen molar-refractivity contribution in [3.05, 3.63) is 24.0 Å². The first-order valence-electron chi connectivity index (χ1n) is 5.45. The number of nitrogens with two attached hydrogens (primary N) is 1. The first-order chi connectivity index (χ1) is 8.25. The summed E-state index contributed by atoms with van der Waals surface area (Å²) in [6.45, 7) is 0.992. The standard InChI is InChI=1S/C11H15N3S3/c12-11(15)10-2-1-8(5-14-10)13-6-9-7-16-3-4-17-9/h1-2,5,9,13H,3-4,6-7H2,(H2,12,15). The molecule has 2 rings (SSSR count). The van der Waals surface area contributed by atoms with E-state index in [1.165, 1.54) is 17.3 Å². The van der Waals surface area contributed by atoms with Crippen LogP contribution < -0.4 is 11.1 Å². The predicted octanol–water partition coefficient (Wildman–Crippen LogP) is 1.98. The number of rotatable bonds is 4. The summed E-state index contributed by atoms with van der Waals surface area (Å²) in [7, 11) is 0. The van der Waals surface area contributed by atoms with Crippen molar-refractivity contribution in [2.75, 3.05) is 29.1 Å². The molecule has 0 spiro atoms. The van der Waals surface area contributed by atoms with Gasteiger partial charge in [0.2, 0.25) is 0 Å². The molecule has 0 saturated carbocycles. The van der Waals surface area contributed by atoms with Crippen LogP contribution in [0.15, 0.2) is 18.3 Å². The molecule has 0 amide bonds. The first-order valence-corrected chi connectivity index (χ1v) is 8.06. The molecule has 1 atom stereocenters. The van der Waals surface area contributed by atoms with E-state index >= 15 is 0 Å². The Morgan fingerprint density at radius 1 is 1.53 bits per heavy atom. The van der Waals surface area contributed by atoms with Crippen molar-refractivity contribution >= 4 is 46.4 Å². The Bertz CT molecular complexity index is 374. The zero-order valence-corrected chi connectivity index (χ0v) is 11.8. The third kappa shape index (κ3) is 4.04. The van der Waals surface area contributed by atoms with Crippen LogP contribution in [0.3, 0.4) is 0 Å². The highest BCUT2D eigenvalue weighted by Gasteiger charge is 2.13. The van der Waals surface area contributed by atoms with E-state index in [9.17, 15) is 0 Å². The smallest absolute Gasteiger partial charge is 0.122 e. The number of hydrogen-bond donors (Lipinski definition) is 2. The molecule has 1 aliphatic rings. The lowest BCUT2D eigenvalue weighted by Gasteiger charge is -2.21. The largest absolute Gasteiger partial charge is 0.388 e. The van der Waals surface area contributed by atoms with E-state index in [2.05, 4.69) is 10.3 Å². The van der Waals surface area contributed by atoms with Crippen molar-refractivity contribution in [1.29, 1.82) is 0 Å². The molecule has 1 aromatic rings. The number of anilines is 1. The molecule has 17 heavy (non-hydrogen) atoms. The minimum absolute atomic E-state index is 0.343. The summed E-state index contributed by atoms with van der Waals surface area (Å²) in [5.41, 5.74) is 7.20. The molecule has 3 N–H and O–H groups in total. The Balaban J connectivity index is 1.84. The van der Waals surface area contributed by atoms with Gasteiger partial charge < -0.3 is 11.1 Å². The minimum Gasteiger partial charge on any atom is -0.388 e. The van der Waals surface area contributed by atoms with Crippen molar-refractivity contribution in [2.45, 2.75) is 5.25 Å². The van der Waals surface area contributed by atoms with Gasteiger partial charge in [0.15, 0.2) is 0 Å². The summed E-state index contributed by atoms with van der Waals surface area (Å²) < 4.78 is 0. The second-order valence-electron chi connectivity index (χ2n) is 3.74. The molecular formula is C11H15N3S3. The fourth-order valence-electron chi connectivity index (χ4n) is 1.53. The number of aromatic nitrogens is 1. The average molecular weight is 285 g/mol. The number of pyridine rings is 1. The summed E-state index contributed by atoms with van der Waals surface area (Å²) in [4.78, 5) is 4.54. The Hall–Kier alpha value is -0.460. The normalized spacial score (nSPS) is 19.9. The van der Waals surface area contributed by atoms with Gasteiger partial charge in [-0.2, -0.15) is 23.5 Å². The number of nitrogens with one attached hydrogen (secondary N) is 1. The van der Waals surface area contributed by atoms with Crippen molar-refractivity contribution in [3.63, 3.8) is 0 Å². The molecule has 1 aromatic heterocycles. The Labute approximate surface area is 115 Å². The lowest BCUT2D eigenvalue weighted by molar-refractivity contribution is 1.00. The van der Waals surface area contributed by atoms with Crippen molar-refractivity contribution in [2.24, 2.45) is 5.73 Å². The highest BCUT2D eigenvalue weighted by Crippen LogP contribution is 2.24. The number of thioether (sulfide) groups is 2. The van der Waals surface area contributed by atoms with Crippen molar-refractivity contribution in [3.8, 4) is 0 Å². The van der Waals surface area contributed by atoms with Gasteiger partial charge in [0.25, 0.3) is 0 Å². The zero-order valence-electron chi connectivity index (χ0n) is 9.39. The Morgan fingerprint density at radius 3 is 3.00 bits per heavy atom. The average Bonchev–Trinajstić information content (AvgIpc) is 2.38. The van der Waals surface area contributed by atoms with Crippen LogP contribution in [0.4, 0.5) is 5.69 Å². The van der Waals surface area contributed by atoms with Gasteiger partial charge in [-0.1, -0.05) is 12.2 Å². The van der Waals surface area contributed by atoms with Gasteiger partial charge in [0.05, 0.1) is 17.6 Å². The molecule has 1 fully saturated rings. The van der Waals surface area contributed by atoms with Crippen LogP contribution in [-0.2, 0) is 0 Å². The molecule has 1 unspecified atom stereocenters. The monoisotopic (exact) mass is 285 g/mol. The van der Waals surface area contributed by atoms with Crippen LogP contribution in [-0.4, -0.2) is 39.0 Å². The predicted molar refractivity (Wildman–Crippen MR) is 82.2 cm³/mol. The fraction of sp³-hybridized carbons (Fsp3) is 0.455. The molecule has 0 radical (unpaired) electrons. The van der Waals surface area contributed by atoms with Crippen LogP contribution >= 0.6 is 35.7 Å². The lowest BCUT2D eigenvalue weighted by Crippen LogP contribution is -2.23. The molecule has 0 aliphatic carbocycles. The fourth-order valence-corrected chi connectivity index (χ4v) is 4.26. The summed E-state index contributed by atoms with van der Waals surface area (Å²) >= 11 is 8.94.